The van der Waals surface area contributed by atoms with Crippen LogP contribution in [0.4, 0.5) is 0 Å². The van der Waals surface area contributed by atoms with Crippen LogP contribution in [0.15, 0.2) is 23.8 Å². The highest BCUT2D eigenvalue weighted by Gasteiger charge is 2.18. The van der Waals surface area contributed by atoms with E-state index in [0.29, 0.717) is 5.92 Å². The third kappa shape index (κ3) is 3.98. The van der Waals surface area contributed by atoms with Crippen LogP contribution in [0.2, 0.25) is 10.0 Å². The molecule has 1 aliphatic rings. The van der Waals surface area contributed by atoms with Gasteiger partial charge in [-0.15, -0.1) is 0 Å². The molecule has 0 saturated heterocycles. The molecule has 1 saturated carbocycles. The second-order valence-electron chi connectivity index (χ2n) is 5.22. The van der Waals surface area contributed by atoms with Gasteiger partial charge < -0.3 is 5.32 Å². The van der Waals surface area contributed by atoms with E-state index in [2.05, 4.69) is 11.4 Å². The Labute approximate surface area is 126 Å². The first-order chi connectivity index (χ1) is 9.22. The molecule has 2 rings (SSSR count). The summed E-state index contributed by atoms with van der Waals surface area (Å²) < 4.78 is 0. The fourth-order valence-electron chi connectivity index (χ4n) is 2.82. The van der Waals surface area contributed by atoms with Crippen LogP contribution in [0.25, 0.3) is 6.08 Å². The smallest absolute Gasteiger partial charge is 0.0493 e. The van der Waals surface area contributed by atoms with Gasteiger partial charge in [0.05, 0.1) is 0 Å². The Bertz CT molecular complexity index is 428. The lowest BCUT2D eigenvalue weighted by atomic mass is 9.83. The topological polar surface area (TPSA) is 12.0 Å². The Kier molecular flexibility index (Phi) is 5.75. The van der Waals surface area contributed by atoms with Gasteiger partial charge in [-0.25, -0.2) is 0 Å². The number of hydrogen-bond donors (Lipinski definition) is 1. The standard InChI is InChI=1S/C16H21Cl2N/c1-19-11-13(12-6-3-2-4-7-12)10-14-15(17)8-5-9-16(14)18/h5,8-10,12,19H,2-4,6-7,11H2,1H3. The zero-order chi connectivity index (χ0) is 13.7. The predicted octanol–water partition coefficient (Wildman–Crippen LogP) is 5.18. The van der Waals surface area contributed by atoms with Gasteiger partial charge in [-0.05, 0) is 37.9 Å². The molecule has 1 aliphatic carbocycles. The van der Waals surface area contributed by atoms with E-state index >= 15 is 0 Å². The van der Waals surface area contributed by atoms with E-state index in [1.807, 2.05) is 25.2 Å². The Hall–Kier alpha value is -0.500. The second kappa shape index (κ2) is 7.33. The first-order valence-corrected chi connectivity index (χ1v) is 7.77. The van der Waals surface area contributed by atoms with Gasteiger partial charge in [0, 0.05) is 22.2 Å². The molecule has 0 amide bonds. The van der Waals surface area contributed by atoms with E-state index in [-0.39, 0.29) is 0 Å². The van der Waals surface area contributed by atoms with Crippen molar-refractivity contribution in [1.29, 1.82) is 0 Å². The summed E-state index contributed by atoms with van der Waals surface area (Å²) in [6.45, 7) is 0.909. The Morgan fingerprint density at radius 2 is 1.84 bits per heavy atom. The van der Waals surface area contributed by atoms with Gasteiger partial charge in [-0.1, -0.05) is 60.2 Å². The van der Waals surface area contributed by atoms with Crippen molar-refractivity contribution in [2.75, 3.05) is 13.6 Å². The van der Waals surface area contributed by atoms with Crippen LogP contribution < -0.4 is 5.32 Å². The minimum absolute atomic E-state index is 0.675. The van der Waals surface area contributed by atoms with Crippen molar-refractivity contribution < 1.29 is 0 Å². The normalized spacial score (nSPS) is 17.7. The monoisotopic (exact) mass is 297 g/mol. The van der Waals surface area contributed by atoms with E-state index in [4.69, 9.17) is 23.2 Å². The van der Waals surface area contributed by atoms with Crippen molar-refractivity contribution in [2.45, 2.75) is 32.1 Å². The predicted molar refractivity (Wildman–Crippen MR) is 84.9 cm³/mol. The molecule has 1 fully saturated rings. The third-order valence-corrected chi connectivity index (χ3v) is 4.50. The Morgan fingerprint density at radius 1 is 1.21 bits per heavy atom. The first kappa shape index (κ1) is 14.9. The van der Waals surface area contributed by atoms with Crippen molar-refractivity contribution in [2.24, 2.45) is 5.92 Å². The lowest BCUT2D eigenvalue weighted by Crippen LogP contribution is -2.19. The van der Waals surface area contributed by atoms with Crippen LogP contribution in [0.1, 0.15) is 37.7 Å². The van der Waals surface area contributed by atoms with E-state index < -0.39 is 0 Å². The zero-order valence-corrected chi connectivity index (χ0v) is 12.9. The van der Waals surface area contributed by atoms with Crippen molar-refractivity contribution in [3.63, 3.8) is 0 Å². The van der Waals surface area contributed by atoms with Gasteiger partial charge in [0.25, 0.3) is 0 Å². The minimum atomic E-state index is 0.675. The summed E-state index contributed by atoms with van der Waals surface area (Å²) in [6, 6.07) is 5.69. The molecular formula is C16H21Cl2N. The number of nitrogens with one attached hydrogen (secondary N) is 1. The molecule has 104 valence electrons. The molecule has 0 spiro atoms. The molecule has 0 atom stereocenters. The number of benzene rings is 1. The Balaban J connectivity index is 2.29. The molecule has 0 heterocycles. The minimum Gasteiger partial charge on any atom is -0.316 e. The number of halogens is 2. The molecule has 0 unspecified atom stereocenters. The maximum atomic E-state index is 6.26. The van der Waals surface area contributed by atoms with Gasteiger partial charge in [-0.3, -0.25) is 0 Å². The molecule has 0 aromatic heterocycles. The van der Waals surface area contributed by atoms with Gasteiger partial charge >= 0.3 is 0 Å². The van der Waals surface area contributed by atoms with Crippen molar-refractivity contribution in [3.8, 4) is 0 Å². The van der Waals surface area contributed by atoms with Crippen LogP contribution in [-0.4, -0.2) is 13.6 Å². The first-order valence-electron chi connectivity index (χ1n) is 7.01. The molecule has 0 bridgehead atoms. The highest BCUT2D eigenvalue weighted by atomic mass is 35.5. The molecule has 0 radical (unpaired) electrons. The summed E-state index contributed by atoms with van der Waals surface area (Å²) >= 11 is 12.5. The van der Waals surface area contributed by atoms with E-state index in [1.165, 1.54) is 37.7 Å². The molecule has 1 aromatic carbocycles. The van der Waals surface area contributed by atoms with E-state index in [0.717, 1.165) is 22.2 Å². The van der Waals surface area contributed by atoms with Crippen molar-refractivity contribution in [1.82, 2.24) is 5.32 Å². The number of hydrogen-bond acceptors (Lipinski definition) is 1. The fourth-order valence-corrected chi connectivity index (χ4v) is 3.33. The maximum Gasteiger partial charge on any atom is 0.0493 e. The number of likely N-dealkylation sites (N-methyl/N-ethyl adjacent to an activating group) is 1. The zero-order valence-electron chi connectivity index (χ0n) is 11.4. The summed E-state index contributed by atoms with van der Waals surface area (Å²) in [5.41, 5.74) is 2.39. The van der Waals surface area contributed by atoms with Crippen LogP contribution in [-0.2, 0) is 0 Å². The highest BCUT2D eigenvalue weighted by Crippen LogP contribution is 2.33. The quantitative estimate of drug-likeness (QED) is 0.808. The van der Waals surface area contributed by atoms with Crippen molar-refractivity contribution >= 4 is 29.3 Å². The summed E-state index contributed by atoms with van der Waals surface area (Å²) in [6.07, 6.45) is 8.81. The van der Waals surface area contributed by atoms with Gasteiger partial charge in [-0.2, -0.15) is 0 Å². The summed E-state index contributed by atoms with van der Waals surface area (Å²) in [7, 11) is 1.99. The van der Waals surface area contributed by atoms with Gasteiger partial charge in [0.1, 0.15) is 0 Å². The van der Waals surface area contributed by atoms with Crippen LogP contribution in [0, 0.1) is 5.92 Å². The third-order valence-electron chi connectivity index (χ3n) is 3.84. The maximum absolute atomic E-state index is 6.26. The lowest BCUT2D eigenvalue weighted by molar-refractivity contribution is 0.398. The largest absolute Gasteiger partial charge is 0.316 e. The van der Waals surface area contributed by atoms with Crippen LogP contribution in [0.3, 0.4) is 0 Å². The second-order valence-corrected chi connectivity index (χ2v) is 6.03. The molecule has 1 aromatic rings. The van der Waals surface area contributed by atoms with Crippen molar-refractivity contribution in [3.05, 3.63) is 39.4 Å². The molecule has 0 aliphatic heterocycles. The summed E-state index contributed by atoms with van der Waals surface area (Å²) in [4.78, 5) is 0. The van der Waals surface area contributed by atoms with Gasteiger partial charge in [0.15, 0.2) is 0 Å². The molecule has 19 heavy (non-hydrogen) atoms. The lowest BCUT2D eigenvalue weighted by Gasteiger charge is -2.25. The van der Waals surface area contributed by atoms with Crippen LogP contribution >= 0.6 is 23.2 Å². The van der Waals surface area contributed by atoms with Gasteiger partial charge in [0.2, 0.25) is 0 Å². The highest BCUT2D eigenvalue weighted by molar-refractivity contribution is 6.37. The summed E-state index contributed by atoms with van der Waals surface area (Å²) in [5.74, 6) is 0.675. The molecule has 1 nitrogen and oxygen atoms in total. The van der Waals surface area contributed by atoms with E-state index in [1.54, 1.807) is 0 Å². The molecule has 1 N–H and O–H groups in total. The number of rotatable bonds is 4. The summed E-state index contributed by atoms with van der Waals surface area (Å²) in [5, 5.41) is 4.74. The average Bonchev–Trinajstić information content (AvgIpc) is 2.43. The Morgan fingerprint density at radius 3 is 2.42 bits per heavy atom. The van der Waals surface area contributed by atoms with E-state index in [9.17, 15) is 0 Å². The molecular weight excluding hydrogens is 277 g/mol. The fraction of sp³-hybridized carbons (Fsp3) is 0.500. The SMILES string of the molecule is CNCC(=Cc1c(Cl)cccc1Cl)C1CCCCC1. The molecule has 3 heteroatoms. The average molecular weight is 298 g/mol. The van der Waals surface area contributed by atoms with Crippen LogP contribution in [0.5, 0.6) is 0 Å².